The van der Waals surface area contributed by atoms with E-state index < -0.39 is 17.4 Å². The van der Waals surface area contributed by atoms with E-state index in [1.807, 2.05) is 13.8 Å². The van der Waals surface area contributed by atoms with Gasteiger partial charge in [-0.3, -0.25) is 9.59 Å². The summed E-state index contributed by atoms with van der Waals surface area (Å²) in [5.74, 6) is -2.37. The standard InChI is InChI=1S/C13H24O4.K.H/c1-3-5-7-9-13(11(14)15,12(16)17)10-8-6-4-2;;/h3-10H2,1-2H3,(H,14,15)(H,16,17);;. The third kappa shape index (κ3) is 6.66. The van der Waals surface area contributed by atoms with Gasteiger partial charge in [0.2, 0.25) is 0 Å². The third-order valence-electron chi connectivity index (χ3n) is 3.23. The van der Waals surface area contributed by atoms with Crippen LogP contribution in [0.25, 0.3) is 0 Å². The predicted octanol–water partition coefficient (Wildman–Crippen LogP) is 2.65. The van der Waals surface area contributed by atoms with Crippen LogP contribution in [0.4, 0.5) is 0 Å². The fourth-order valence-corrected chi connectivity index (χ4v) is 2.00. The van der Waals surface area contributed by atoms with E-state index in [2.05, 4.69) is 0 Å². The van der Waals surface area contributed by atoms with Crippen LogP contribution < -0.4 is 0 Å². The maximum atomic E-state index is 11.3. The zero-order valence-corrected chi connectivity index (χ0v) is 10.9. The van der Waals surface area contributed by atoms with Crippen LogP contribution in [-0.2, 0) is 9.59 Å². The molecule has 0 saturated carbocycles. The molecule has 0 aromatic rings. The Balaban J connectivity index is 0. The Labute approximate surface area is 152 Å². The number of hydrogen-bond donors (Lipinski definition) is 2. The average Bonchev–Trinajstić information content (AvgIpc) is 2.26. The van der Waals surface area contributed by atoms with Gasteiger partial charge in [0.25, 0.3) is 0 Å². The van der Waals surface area contributed by atoms with Crippen molar-refractivity contribution in [3.8, 4) is 0 Å². The van der Waals surface area contributed by atoms with Crippen LogP contribution in [0.15, 0.2) is 0 Å². The SMILES string of the molecule is CCCCCC(CCCCC)(C(=O)O)C(=O)O.[KH]. The topological polar surface area (TPSA) is 74.6 Å². The van der Waals surface area contributed by atoms with E-state index in [1.165, 1.54) is 0 Å². The molecule has 0 heterocycles. The fourth-order valence-electron chi connectivity index (χ4n) is 2.00. The molecule has 18 heavy (non-hydrogen) atoms. The van der Waals surface area contributed by atoms with E-state index in [4.69, 9.17) is 0 Å². The molecule has 0 aliphatic rings. The first-order chi connectivity index (χ1) is 8.01. The molecule has 0 aromatic carbocycles. The molecule has 5 heteroatoms. The molecule has 0 saturated heterocycles. The number of carbonyl (C=O) groups is 2. The normalized spacial score (nSPS) is 10.8. The van der Waals surface area contributed by atoms with Gasteiger partial charge in [0.1, 0.15) is 0 Å². The zero-order valence-electron chi connectivity index (χ0n) is 10.9. The summed E-state index contributed by atoms with van der Waals surface area (Å²) < 4.78 is 0. The van der Waals surface area contributed by atoms with E-state index in [1.54, 1.807) is 0 Å². The van der Waals surface area contributed by atoms with E-state index >= 15 is 0 Å². The van der Waals surface area contributed by atoms with Gasteiger partial charge in [0, 0.05) is 0 Å². The summed E-state index contributed by atoms with van der Waals surface area (Å²) in [6.45, 7) is 4.03. The van der Waals surface area contributed by atoms with Crippen molar-refractivity contribution >= 4 is 63.3 Å². The summed E-state index contributed by atoms with van der Waals surface area (Å²) in [4.78, 5) is 22.5. The van der Waals surface area contributed by atoms with Crippen LogP contribution in [0, 0.1) is 5.41 Å². The summed E-state index contributed by atoms with van der Waals surface area (Å²) in [6, 6.07) is 0. The summed E-state index contributed by atoms with van der Waals surface area (Å²) in [5, 5.41) is 18.4. The number of unbranched alkanes of at least 4 members (excludes halogenated alkanes) is 4. The van der Waals surface area contributed by atoms with Crippen molar-refractivity contribution in [1.82, 2.24) is 0 Å². The van der Waals surface area contributed by atoms with Crippen LogP contribution in [0.3, 0.4) is 0 Å². The molecule has 0 rings (SSSR count). The molecule has 102 valence electrons. The fraction of sp³-hybridized carbons (Fsp3) is 0.846. The Kier molecular flexibility index (Phi) is 13.2. The quantitative estimate of drug-likeness (QED) is 0.367. The first-order valence-electron chi connectivity index (χ1n) is 6.48. The number of rotatable bonds is 10. The second-order valence-corrected chi connectivity index (χ2v) is 4.61. The molecule has 0 aliphatic carbocycles. The van der Waals surface area contributed by atoms with Crippen LogP contribution in [0.2, 0.25) is 0 Å². The summed E-state index contributed by atoms with van der Waals surface area (Å²) in [7, 11) is 0. The van der Waals surface area contributed by atoms with E-state index in [9.17, 15) is 19.8 Å². The molecule has 0 fully saturated rings. The van der Waals surface area contributed by atoms with Gasteiger partial charge in [-0.1, -0.05) is 52.4 Å². The first-order valence-corrected chi connectivity index (χ1v) is 6.48. The van der Waals surface area contributed by atoms with Crippen LogP contribution >= 0.6 is 0 Å². The second-order valence-electron chi connectivity index (χ2n) is 4.61. The molecule has 0 bridgehead atoms. The summed E-state index contributed by atoms with van der Waals surface area (Å²) >= 11 is 0. The molecule has 0 radical (unpaired) electrons. The monoisotopic (exact) mass is 284 g/mol. The molecule has 0 amide bonds. The summed E-state index contributed by atoms with van der Waals surface area (Å²) in [6.07, 6.45) is 5.52. The van der Waals surface area contributed by atoms with Crippen molar-refractivity contribution in [2.75, 3.05) is 0 Å². The summed E-state index contributed by atoms with van der Waals surface area (Å²) in [5.41, 5.74) is -1.57. The van der Waals surface area contributed by atoms with Gasteiger partial charge in [-0.05, 0) is 12.8 Å². The van der Waals surface area contributed by atoms with Crippen LogP contribution in [-0.4, -0.2) is 73.5 Å². The Bertz CT molecular complexity index is 227. The Morgan fingerprint density at radius 1 is 0.833 bits per heavy atom. The van der Waals surface area contributed by atoms with Crippen molar-refractivity contribution in [3.05, 3.63) is 0 Å². The molecule has 2 N–H and O–H groups in total. The van der Waals surface area contributed by atoms with Crippen molar-refractivity contribution in [2.24, 2.45) is 5.41 Å². The Hall–Kier alpha value is 0.576. The van der Waals surface area contributed by atoms with Crippen molar-refractivity contribution in [3.63, 3.8) is 0 Å². The van der Waals surface area contributed by atoms with E-state index in [0.29, 0.717) is 12.8 Å². The molecular formula is C13H25KO4. The van der Waals surface area contributed by atoms with Crippen molar-refractivity contribution < 1.29 is 19.8 Å². The molecule has 0 unspecified atom stereocenters. The van der Waals surface area contributed by atoms with Gasteiger partial charge in [-0.25, -0.2) is 0 Å². The number of aliphatic carboxylic acids is 2. The Morgan fingerprint density at radius 2 is 1.17 bits per heavy atom. The second kappa shape index (κ2) is 11.4. The van der Waals surface area contributed by atoms with Crippen LogP contribution in [0.5, 0.6) is 0 Å². The minimum atomic E-state index is -1.57. The van der Waals surface area contributed by atoms with Crippen LogP contribution in [0.1, 0.15) is 65.2 Å². The van der Waals surface area contributed by atoms with Gasteiger partial charge >= 0.3 is 63.3 Å². The molecular weight excluding hydrogens is 259 g/mol. The van der Waals surface area contributed by atoms with E-state index in [-0.39, 0.29) is 64.2 Å². The molecule has 0 aromatic heterocycles. The average molecular weight is 284 g/mol. The number of carboxylic acids is 2. The molecule has 0 atom stereocenters. The number of carboxylic acid groups (broad SMARTS) is 2. The Morgan fingerprint density at radius 3 is 1.39 bits per heavy atom. The third-order valence-corrected chi connectivity index (χ3v) is 3.23. The van der Waals surface area contributed by atoms with Crippen molar-refractivity contribution in [2.45, 2.75) is 65.2 Å². The van der Waals surface area contributed by atoms with Gasteiger partial charge in [-0.2, -0.15) is 0 Å². The van der Waals surface area contributed by atoms with Gasteiger partial charge in [0.05, 0.1) is 0 Å². The van der Waals surface area contributed by atoms with Gasteiger partial charge in [0.15, 0.2) is 5.41 Å². The predicted molar refractivity (Wildman–Crippen MR) is 73.1 cm³/mol. The number of hydrogen-bond acceptors (Lipinski definition) is 2. The first kappa shape index (κ1) is 20.9. The van der Waals surface area contributed by atoms with Gasteiger partial charge in [-0.15, -0.1) is 0 Å². The molecule has 0 spiro atoms. The zero-order chi connectivity index (χ0) is 13.3. The minimum absolute atomic E-state index is 0. The molecule has 4 nitrogen and oxygen atoms in total. The van der Waals surface area contributed by atoms with E-state index in [0.717, 1.165) is 25.7 Å². The maximum absolute atomic E-state index is 11.3. The van der Waals surface area contributed by atoms with Gasteiger partial charge < -0.3 is 10.2 Å². The molecule has 0 aliphatic heterocycles. The van der Waals surface area contributed by atoms with Crippen molar-refractivity contribution in [1.29, 1.82) is 0 Å².